The number of nitriles is 1. The monoisotopic (exact) mass is 633 g/mol. The van der Waals surface area contributed by atoms with Crippen molar-refractivity contribution in [2.45, 2.75) is 59.0 Å². The zero-order valence-electron chi connectivity index (χ0n) is 27.1. The topological polar surface area (TPSA) is 106 Å². The number of oxazole rings is 1. The molecule has 0 saturated carbocycles. The lowest BCUT2D eigenvalue weighted by Crippen LogP contribution is -2.43. The Bertz CT molecular complexity index is 1960. The fourth-order valence-corrected chi connectivity index (χ4v) is 8.09. The van der Waals surface area contributed by atoms with Crippen LogP contribution in [0.4, 0.5) is 0 Å². The van der Waals surface area contributed by atoms with E-state index in [0.29, 0.717) is 17.0 Å². The van der Waals surface area contributed by atoms with E-state index < -0.39 is 0 Å². The number of likely N-dealkylation sites (tertiary alicyclic amines) is 1. The van der Waals surface area contributed by atoms with E-state index in [-0.39, 0.29) is 12.0 Å². The van der Waals surface area contributed by atoms with Crippen LogP contribution in [0, 0.1) is 25.2 Å². The Hall–Kier alpha value is -4.36. The normalized spacial score (nSPS) is 16.1. The second kappa shape index (κ2) is 12.8. The molecule has 1 fully saturated rings. The molecular weight excluding hydrogens is 595 g/mol. The third kappa shape index (κ3) is 5.73. The second-order valence-electron chi connectivity index (χ2n) is 12.7. The Kier molecular flexibility index (Phi) is 8.80. The van der Waals surface area contributed by atoms with E-state index in [2.05, 4.69) is 93.1 Å². The van der Waals surface area contributed by atoms with Gasteiger partial charge in [0.05, 0.1) is 16.8 Å². The standard InChI is InChI=1S/C36H37N5OS.CH2O2/c1-22-26(27-11-9-13-29(23(27)2)35-39-30-14-17-40(5)36(3,4)33(30)43-35)10-8-12-28(22)34-38-31-19-24(21-41-15-6-7-16-41)18-25(20-37)32(31)42-34;2-1-3/h8-13,18-19H,6-7,14-17,21H2,1-5H3;1H,(H,2,3). The van der Waals surface area contributed by atoms with Crippen LogP contribution in [0.3, 0.4) is 0 Å². The van der Waals surface area contributed by atoms with Crippen LogP contribution in [0.15, 0.2) is 52.9 Å². The largest absolute Gasteiger partial charge is 0.483 e. The average molecular weight is 634 g/mol. The molecule has 0 unspecified atom stereocenters. The van der Waals surface area contributed by atoms with Gasteiger partial charge in [-0.05, 0) is 107 Å². The summed E-state index contributed by atoms with van der Waals surface area (Å²) in [5, 5.41) is 17.9. The van der Waals surface area contributed by atoms with Crippen LogP contribution in [-0.2, 0) is 23.3 Å². The maximum absolute atomic E-state index is 9.94. The van der Waals surface area contributed by atoms with Gasteiger partial charge in [0.1, 0.15) is 16.6 Å². The Morgan fingerprint density at radius 2 is 1.63 bits per heavy atom. The van der Waals surface area contributed by atoms with Crippen molar-refractivity contribution in [3.8, 4) is 39.2 Å². The summed E-state index contributed by atoms with van der Waals surface area (Å²) >= 11 is 1.83. The van der Waals surface area contributed by atoms with Gasteiger partial charge in [-0.2, -0.15) is 5.26 Å². The van der Waals surface area contributed by atoms with Crippen molar-refractivity contribution < 1.29 is 14.3 Å². The lowest BCUT2D eigenvalue weighted by molar-refractivity contribution is -0.122. The van der Waals surface area contributed by atoms with E-state index in [0.717, 1.165) is 65.4 Å². The van der Waals surface area contributed by atoms with Gasteiger partial charge in [-0.3, -0.25) is 14.6 Å². The molecule has 2 aliphatic heterocycles. The number of hydrogen-bond donors (Lipinski definition) is 1. The van der Waals surface area contributed by atoms with E-state index >= 15 is 0 Å². The Morgan fingerprint density at radius 3 is 2.30 bits per heavy atom. The van der Waals surface area contributed by atoms with Crippen LogP contribution < -0.4 is 0 Å². The molecule has 3 aromatic carbocycles. The molecule has 236 valence electrons. The van der Waals surface area contributed by atoms with Gasteiger partial charge in [0.15, 0.2) is 5.58 Å². The number of likely N-dealkylation sites (N-methyl/N-ethyl adjacent to an activating group) is 1. The lowest BCUT2D eigenvalue weighted by atomic mass is 9.91. The molecule has 0 aliphatic carbocycles. The Morgan fingerprint density at radius 1 is 1.00 bits per heavy atom. The third-order valence-electron chi connectivity index (χ3n) is 9.59. The Balaban J connectivity index is 0.00000119. The Labute approximate surface area is 273 Å². The summed E-state index contributed by atoms with van der Waals surface area (Å²) in [7, 11) is 2.20. The zero-order valence-corrected chi connectivity index (χ0v) is 27.9. The van der Waals surface area contributed by atoms with E-state index in [1.807, 2.05) is 17.4 Å². The van der Waals surface area contributed by atoms with Crippen molar-refractivity contribution in [2.75, 3.05) is 26.7 Å². The summed E-state index contributed by atoms with van der Waals surface area (Å²) in [6.45, 7) is 12.8. The van der Waals surface area contributed by atoms with Crippen molar-refractivity contribution in [2.24, 2.45) is 0 Å². The highest BCUT2D eigenvalue weighted by molar-refractivity contribution is 7.15. The SMILES string of the molecule is Cc1c(-c2nc3cc(CN4CCCC4)cc(C#N)c3o2)cccc1-c1cccc(-c2nc3c(s2)C(C)(C)N(C)CC3)c1C.O=CO. The minimum absolute atomic E-state index is 0.0140. The molecule has 1 N–H and O–H groups in total. The summed E-state index contributed by atoms with van der Waals surface area (Å²) < 4.78 is 6.31. The van der Waals surface area contributed by atoms with Gasteiger partial charge in [-0.1, -0.05) is 30.3 Å². The minimum atomic E-state index is -0.250. The van der Waals surface area contributed by atoms with Crippen molar-refractivity contribution in [3.05, 3.63) is 81.4 Å². The van der Waals surface area contributed by atoms with Gasteiger partial charge in [0.2, 0.25) is 5.89 Å². The molecule has 2 aromatic heterocycles. The molecule has 7 rings (SSSR count). The number of benzene rings is 3. The molecular formula is C37H39N5O3S. The van der Waals surface area contributed by atoms with Crippen LogP contribution in [0.2, 0.25) is 0 Å². The quantitative estimate of drug-likeness (QED) is 0.196. The van der Waals surface area contributed by atoms with Crippen molar-refractivity contribution in [3.63, 3.8) is 0 Å². The molecule has 0 spiro atoms. The van der Waals surface area contributed by atoms with E-state index in [1.54, 1.807) is 0 Å². The van der Waals surface area contributed by atoms with Crippen molar-refractivity contribution >= 4 is 28.9 Å². The number of aromatic nitrogens is 2. The first-order chi connectivity index (χ1) is 22.2. The predicted octanol–water partition coefficient (Wildman–Crippen LogP) is 7.79. The van der Waals surface area contributed by atoms with Crippen molar-refractivity contribution in [1.29, 1.82) is 5.26 Å². The summed E-state index contributed by atoms with van der Waals surface area (Å²) in [6.07, 6.45) is 3.46. The number of fused-ring (bicyclic) bond motifs is 2. The number of hydrogen-bond acceptors (Lipinski definition) is 8. The van der Waals surface area contributed by atoms with E-state index in [4.69, 9.17) is 24.3 Å². The average Bonchev–Trinajstić information content (AvgIpc) is 3.80. The van der Waals surface area contributed by atoms with Gasteiger partial charge in [-0.15, -0.1) is 11.3 Å². The molecule has 2 aliphatic rings. The summed E-state index contributed by atoms with van der Waals surface area (Å²) in [6, 6.07) is 19.2. The molecule has 4 heterocycles. The summed E-state index contributed by atoms with van der Waals surface area (Å²) in [5.41, 5.74) is 11.0. The van der Waals surface area contributed by atoms with Gasteiger partial charge in [0.25, 0.3) is 6.47 Å². The molecule has 9 heteroatoms. The number of thiazole rings is 1. The van der Waals surface area contributed by atoms with E-state index in [1.165, 1.54) is 40.1 Å². The van der Waals surface area contributed by atoms with Crippen LogP contribution in [-0.4, -0.2) is 58.0 Å². The molecule has 8 nitrogen and oxygen atoms in total. The highest BCUT2D eigenvalue weighted by atomic mass is 32.1. The minimum Gasteiger partial charge on any atom is -0.483 e. The van der Waals surface area contributed by atoms with Gasteiger partial charge in [0, 0.05) is 35.5 Å². The molecule has 0 bridgehead atoms. The smallest absolute Gasteiger partial charge is 0.290 e. The molecule has 46 heavy (non-hydrogen) atoms. The third-order valence-corrected chi connectivity index (χ3v) is 11.0. The van der Waals surface area contributed by atoms with E-state index in [9.17, 15) is 5.26 Å². The number of carboxylic acid groups (broad SMARTS) is 1. The molecule has 1 saturated heterocycles. The van der Waals surface area contributed by atoms with Gasteiger partial charge < -0.3 is 9.52 Å². The fourth-order valence-electron chi connectivity index (χ4n) is 6.74. The second-order valence-corrected chi connectivity index (χ2v) is 13.7. The highest BCUT2D eigenvalue weighted by Crippen LogP contribution is 2.43. The maximum atomic E-state index is 9.94. The van der Waals surface area contributed by atoms with Crippen LogP contribution >= 0.6 is 11.3 Å². The van der Waals surface area contributed by atoms with Crippen LogP contribution in [0.25, 0.3) is 44.3 Å². The molecule has 0 amide bonds. The first-order valence-electron chi connectivity index (χ1n) is 15.7. The maximum Gasteiger partial charge on any atom is 0.290 e. The zero-order chi connectivity index (χ0) is 32.6. The lowest BCUT2D eigenvalue weighted by Gasteiger charge is -2.38. The summed E-state index contributed by atoms with van der Waals surface area (Å²) in [4.78, 5) is 24.7. The summed E-state index contributed by atoms with van der Waals surface area (Å²) in [5.74, 6) is 0.553. The molecule has 5 aromatic rings. The highest BCUT2D eigenvalue weighted by Gasteiger charge is 2.35. The van der Waals surface area contributed by atoms with Crippen molar-refractivity contribution in [1.82, 2.24) is 19.8 Å². The first kappa shape index (κ1) is 31.6. The number of rotatable bonds is 5. The first-order valence-corrected chi connectivity index (χ1v) is 16.5. The van der Waals surface area contributed by atoms with Crippen LogP contribution in [0.1, 0.15) is 59.5 Å². The van der Waals surface area contributed by atoms with Gasteiger partial charge >= 0.3 is 0 Å². The number of nitrogens with zero attached hydrogens (tertiary/aromatic N) is 5. The van der Waals surface area contributed by atoms with Gasteiger partial charge in [-0.25, -0.2) is 9.97 Å². The fraction of sp³-hybridized carbons (Fsp3) is 0.351. The molecule has 0 atom stereocenters. The molecule has 0 radical (unpaired) electrons. The van der Waals surface area contributed by atoms with Crippen LogP contribution in [0.5, 0.6) is 0 Å². The number of carbonyl (C=O) groups is 1. The predicted molar refractivity (Wildman–Crippen MR) is 183 cm³/mol.